The van der Waals surface area contributed by atoms with Crippen molar-refractivity contribution in [3.8, 4) is 11.5 Å². The fraction of sp³-hybridized carbons (Fsp3) is 0.375. The van der Waals surface area contributed by atoms with E-state index in [1.165, 1.54) is 12.3 Å². The standard InChI is InChI=1S/C16H16F3N3O2/c17-16(18,19)7-5-11-6-8-20-15(22-11)21-9-12-10-23-13-3-1-2-4-14(13)24-12/h1-4,6,8,12H,5,7,9-10H2,(H,20,21,22)/t12-/m0/s1. The van der Waals surface area contributed by atoms with E-state index in [1.54, 1.807) is 0 Å². The van der Waals surface area contributed by atoms with Crippen molar-refractivity contribution in [1.29, 1.82) is 0 Å². The third-order valence-corrected chi connectivity index (χ3v) is 3.43. The fourth-order valence-corrected chi connectivity index (χ4v) is 2.26. The summed E-state index contributed by atoms with van der Waals surface area (Å²) in [5.41, 5.74) is 0.344. The molecule has 3 rings (SSSR count). The number of benzene rings is 1. The van der Waals surface area contributed by atoms with Gasteiger partial charge < -0.3 is 14.8 Å². The summed E-state index contributed by atoms with van der Waals surface area (Å²) in [6, 6.07) is 8.83. The monoisotopic (exact) mass is 339 g/mol. The number of halogens is 3. The normalized spacial score (nSPS) is 16.7. The molecule has 0 bridgehead atoms. The highest BCUT2D eigenvalue weighted by Gasteiger charge is 2.27. The molecule has 1 atom stereocenters. The first-order valence-corrected chi connectivity index (χ1v) is 7.51. The first-order valence-electron chi connectivity index (χ1n) is 7.51. The molecule has 0 fully saturated rings. The second kappa shape index (κ2) is 6.94. The second-order valence-electron chi connectivity index (χ2n) is 5.37. The Morgan fingerprint density at radius 2 is 1.96 bits per heavy atom. The number of aromatic nitrogens is 2. The van der Waals surface area contributed by atoms with Gasteiger partial charge in [0.05, 0.1) is 6.54 Å². The molecule has 1 aromatic heterocycles. The fourth-order valence-electron chi connectivity index (χ4n) is 2.26. The number of para-hydroxylation sites is 2. The quantitative estimate of drug-likeness (QED) is 0.906. The maximum Gasteiger partial charge on any atom is 0.389 e. The van der Waals surface area contributed by atoms with Gasteiger partial charge in [0.1, 0.15) is 12.7 Å². The Morgan fingerprint density at radius 3 is 2.75 bits per heavy atom. The minimum atomic E-state index is -4.20. The Hall–Kier alpha value is -2.51. The Balaban J connectivity index is 1.54. The van der Waals surface area contributed by atoms with Crippen LogP contribution in [-0.2, 0) is 6.42 Å². The molecule has 0 spiro atoms. The van der Waals surface area contributed by atoms with Gasteiger partial charge in [-0.3, -0.25) is 0 Å². The molecular weight excluding hydrogens is 323 g/mol. The van der Waals surface area contributed by atoms with Gasteiger partial charge in [0, 0.05) is 18.3 Å². The van der Waals surface area contributed by atoms with Crippen LogP contribution in [0, 0.1) is 0 Å². The highest BCUT2D eigenvalue weighted by molar-refractivity contribution is 5.41. The third kappa shape index (κ3) is 4.50. The van der Waals surface area contributed by atoms with Crippen LogP contribution < -0.4 is 14.8 Å². The number of aryl methyl sites for hydroxylation is 1. The lowest BCUT2D eigenvalue weighted by Crippen LogP contribution is -2.35. The summed E-state index contributed by atoms with van der Waals surface area (Å²) in [4.78, 5) is 8.10. The van der Waals surface area contributed by atoms with Crippen LogP contribution in [0.3, 0.4) is 0 Å². The van der Waals surface area contributed by atoms with E-state index in [4.69, 9.17) is 9.47 Å². The molecule has 0 amide bonds. The van der Waals surface area contributed by atoms with Crippen LogP contribution in [0.2, 0.25) is 0 Å². The summed E-state index contributed by atoms with van der Waals surface area (Å²) >= 11 is 0. The van der Waals surface area contributed by atoms with Gasteiger partial charge in [-0.05, 0) is 24.6 Å². The summed E-state index contributed by atoms with van der Waals surface area (Å²) in [5, 5.41) is 2.97. The summed E-state index contributed by atoms with van der Waals surface area (Å²) in [7, 11) is 0. The van der Waals surface area contributed by atoms with Crippen molar-refractivity contribution in [2.24, 2.45) is 0 Å². The van der Waals surface area contributed by atoms with Crippen molar-refractivity contribution < 1.29 is 22.6 Å². The Bertz CT molecular complexity index is 694. The van der Waals surface area contributed by atoms with Gasteiger partial charge in [0.15, 0.2) is 11.5 Å². The lowest BCUT2D eigenvalue weighted by atomic mass is 10.2. The van der Waals surface area contributed by atoms with E-state index >= 15 is 0 Å². The van der Waals surface area contributed by atoms with Crippen LogP contribution in [0.5, 0.6) is 11.5 Å². The molecule has 5 nitrogen and oxygen atoms in total. The molecule has 8 heteroatoms. The highest BCUT2D eigenvalue weighted by atomic mass is 19.4. The third-order valence-electron chi connectivity index (χ3n) is 3.43. The van der Waals surface area contributed by atoms with E-state index in [2.05, 4.69) is 15.3 Å². The summed E-state index contributed by atoms with van der Waals surface area (Å²) in [6.45, 7) is 0.759. The first-order chi connectivity index (χ1) is 11.5. The Labute approximate surface area is 136 Å². The molecule has 1 aliphatic heterocycles. The lowest BCUT2D eigenvalue weighted by molar-refractivity contribution is -0.134. The van der Waals surface area contributed by atoms with E-state index in [0.29, 0.717) is 30.3 Å². The number of hydrogen-bond acceptors (Lipinski definition) is 5. The average Bonchev–Trinajstić information content (AvgIpc) is 2.58. The van der Waals surface area contributed by atoms with E-state index in [1.807, 2.05) is 24.3 Å². The Kier molecular flexibility index (Phi) is 4.73. The van der Waals surface area contributed by atoms with Crippen molar-refractivity contribution >= 4 is 5.95 Å². The van der Waals surface area contributed by atoms with E-state index < -0.39 is 12.6 Å². The van der Waals surface area contributed by atoms with Gasteiger partial charge in [-0.1, -0.05) is 12.1 Å². The maximum absolute atomic E-state index is 12.3. The number of nitrogens with zero attached hydrogens (tertiary/aromatic N) is 2. The van der Waals surface area contributed by atoms with Crippen molar-refractivity contribution in [1.82, 2.24) is 9.97 Å². The molecule has 2 aromatic rings. The predicted molar refractivity (Wildman–Crippen MR) is 81.3 cm³/mol. The van der Waals surface area contributed by atoms with Crippen molar-refractivity contribution in [3.05, 3.63) is 42.2 Å². The zero-order valence-corrected chi connectivity index (χ0v) is 12.7. The molecule has 0 radical (unpaired) electrons. The minimum absolute atomic E-state index is 0.170. The van der Waals surface area contributed by atoms with Gasteiger partial charge in [0.25, 0.3) is 0 Å². The molecule has 0 unspecified atom stereocenters. The van der Waals surface area contributed by atoms with Crippen LogP contribution in [0.1, 0.15) is 12.1 Å². The molecule has 1 aromatic carbocycles. The Morgan fingerprint density at radius 1 is 1.17 bits per heavy atom. The van der Waals surface area contributed by atoms with Gasteiger partial charge in [0.2, 0.25) is 5.95 Å². The predicted octanol–water partition coefficient (Wildman–Crippen LogP) is 3.22. The molecule has 1 N–H and O–H groups in total. The minimum Gasteiger partial charge on any atom is -0.486 e. The van der Waals surface area contributed by atoms with E-state index in [9.17, 15) is 13.2 Å². The molecule has 1 aliphatic rings. The zero-order valence-electron chi connectivity index (χ0n) is 12.7. The largest absolute Gasteiger partial charge is 0.486 e. The number of hydrogen-bond donors (Lipinski definition) is 1. The number of anilines is 1. The molecule has 0 saturated carbocycles. The van der Waals surface area contributed by atoms with Crippen molar-refractivity contribution in [2.45, 2.75) is 25.1 Å². The topological polar surface area (TPSA) is 56.3 Å². The lowest BCUT2D eigenvalue weighted by Gasteiger charge is -2.26. The molecule has 0 saturated heterocycles. The summed E-state index contributed by atoms with van der Waals surface area (Å²) < 4.78 is 48.2. The molecule has 0 aliphatic carbocycles. The van der Waals surface area contributed by atoms with Crippen LogP contribution in [0.25, 0.3) is 0 Å². The van der Waals surface area contributed by atoms with Gasteiger partial charge in [-0.15, -0.1) is 0 Å². The zero-order chi connectivity index (χ0) is 17.0. The molecule has 128 valence electrons. The highest BCUT2D eigenvalue weighted by Crippen LogP contribution is 2.30. The number of nitrogens with one attached hydrogen (secondary N) is 1. The van der Waals surface area contributed by atoms with Gasteiger partial charge in [-0.2, -0.15) is 13.2 Å². The summed E-state index contributed by atoms with van der Waals surface area (Å²) in [6.07, 6.45) is -4.06. The van der Waals surface area contributed by atoms with Gasteiger partial charge >= 0.3 is 6.18 Å². The number of rotatable bonds is 5. The maximum atomic E-state index is 12.3. The number of alkyl halides is 3. The first kappa shape index (κ1) is 16.4. The molecule has 2 heterocycles. The van der Waals surface area contributed by atoms with Crippen molar-refractivity contribution in [2.75, 3.05) is 18.5 Å². The van der Waals surface area contributed by atoms with Crippen molar-refractivity contribution in [3.63, 3.8) is 0 Å². The molecule has 24 heavy (non-hydrogen) atoms. The smallest absolute Gasteiger partial charge is 0.389 e. The average molecular weight is 339 g/mol. The van der Waals surface area contributed by atoms with Crippen LogP contribution in [-0.4, -0.2) is 35.4 Å². The summed E-state index contributed by atoms with van der Waals surface area (Å²) in [5.74, 6) is 1.63. The number of ether oxygens (including phenoxy) is 2. The van der Waals surface area contributed by atoms with E-state index in [0.717, 1.165) is 0 Å². The molecular formula is C16H16F3N3O2. The van der Waals surface area contributed by atoms with Gasteiger partial charge in [-0.25, -0.2) is 9.97 Å². The SMILES string of the molecule is FC(F)(F)CCc1ccnc(NC[C@H]2COc3ccccc3O2)n1. The van der Waals surface area contributed by atoms with Crippen LogP contribution in [0.15, 0.2) is 36.5 Å². The van der Waals surface area contributed by atoms with Crippen LogP contribution in [0.4, 0.5) is 19.1 Å². The second-order valence-corrected chi connectivity index (χ2v) is 5.37. The van der Waals surface area contributed by atoms with Crippen LogP contribution >= 0.6 is 0 Å². The number of fused-ring (bicyclic) bond motifs is 1. The van der Waals surface area contributed by atoms with E-state index in [-0.39, 0.29) is 18.5 Å².